The lowest BCUT2D eigenvalue weighted by atomic mass is 10.1. The van der Waals surface area contributed by atoms with Gasteiger partial charge in [-0.15, -0.1) is 0 Å². The molecule has 0 spiro atoms. The third-order valence-electron chi connectivity index (χ3n) is 5.19. The highest BCUT2D eigenvalue weighted by atomic mass is 32.2. The highest BCUT2D eigenvalue weighted by Gasteiger charge is 2.31. The van der Waals surface area contributed by atoms with Gasteiger partial charge >= 0.3 is 6.18 Å². The average Bonchev–Trinajstić information content (AvgIpc) is 2.79. The maximum atomic E-state index is 12.8. The lowest BCUT2D eigenvalue weighted by Crippen LogP contribution is -2.50. The number of piperazine rings is 1. The van der Waals surface area contributed by atoms with E-state index in [0.29, 0.717) is 38.5 Å². The molecule has 0 aliphatic carbocycles. The molecule has 2 aromatic carbocycles. The van der Waals surface area contributed by atoms with Crippen LogP contribution in [0.25, 0.3) is 0 Å². The summed E-state index contributed by atoms with van der Waals surface area (Å²) in [5.41, 5.74) is -0.936. The van der Waals surface area contributed by atoms with Gasteiger partial charge in [-0.05, 0) is 42.5 Å². The highest BCUT2D eigenvalue weighted by molar-refractivity contribution is 7.89. The Morgan fingerprint density at radius 1 is 1.06 bits per heavy atom. The molecular weight excluding hydrogens is 447 g/mol. The zero-order valence-corrected chi connectivity index (χ0v) is 18.2. The van der Waals surface area contributed by atoms with Crippen LogP contribution in [0, 0.1) is 0 Å². The van der Waals surface area contributed by atoms with Crippen LogP contribution in [-0.2, 0) is 16.2 Å². The van der Waals surface area contributed by atoms with Gasteiger partial charge < -0.3 is 10.1 Å². The molecule has 0 atom stereocenters. The van der Waals surface area contributed by atoms with Crippen LogP contribution in [0.2, 0.25) is 0 Å². The van der Waals surface area contributed by atoms with Gasteiger partial charge in [-0.1, -0.05) is 6.07 Å². The third-order valence-corrected chi connectivity index (χ3v) is 7.11. The molecular formula is C21H24F3N3O4S. The zero-order chi connectivity index (χ0) is 23.4. The first-order valence-corrected chi connectivity index (χ1v) is 11.4. The molecule has 11 heteroatoms. The molecule has 32 heavy (non-hydrogen) atoms. The molecule has 0 radical (unpaired) electrons. The number of benzene rings is 2. The molecule has 1 aliphatic heterocycles. The van der Waals surface area contributed by atoms with Crippen LogP contribution in [0.5, 0.6) is 5.75 Å². The number of nitrogens with zero attached hydrogens (tertiary/aromatic N) is 2. The van der Waals surface area contributed by atoms with E-state index < -0.39 is 27.7 Å². The number of carbonyl (C=O) groups excluding carboxylic acids is 1. The molecule has 174 valence electrons. The summed E-state index contributed by atoms with van der Waals surface area (Å²) in [6, 6.07) is 10.4. The number of ether oxygens (including phenoxy) is 1. The fraction of sp³-hybridized carbons (Fsp3) is 0.381. The predicted octanol–water partition coefficient (Wildman–Crippen LogP) is 2.45. The number of nitrogens with one attached hydrogen (secondary N) is 1. The second kappa shape index (κ2) is 9.88. The molecule has 0 aromatic heterocycles. The van der Waals surface area contributed by atoms with Crippen LogP contribution in [0.15, 0.2) is 53.4 Å². The van der Waals surface area contributed by atoms with Crippen LogP contribution >= 0.6 is 0 Å². The van der Waals surface area contributed by atoms with Crippen molar-refractivity contribution >= 4 is 15.9 Å². The number of hydrogen-bond donors (Lipinski definition) is 1. The Morgan fingerprint density at radius 3 is 2.31 bits per heavy atom. The first kappa shape index (κ1) is 24.0. The molecule has 1 aliphatic rings. The lowest BCUT2D eigenvalue weighted by Gasteiger charge is -2.34. The summed E-state index contributed by atoms with van der Waals surface area (Å²) in [6.45, 7) is 2.26. The van der Waals surface area contributed by atoms with E-state index in [2.05, 4.69) is 5.32 Å². The Bertz CT molecular complexity index is 1040. The predicted molar refractivity (Wildman–Crippen MR) is 112 cm³/mol. The summed E-state index contributed by atoms with van der Waals surface area (Å²) in [5, 5.41) is 2.61. The minimum Gasteiger partial charge on any atom is -0.497 e. The van der Waals surface area contributed by atoms with Crippen LogP contribution < -0.4 is 10.1 Å². The van der Waals surface area contributed by atoms with Gasteiger partial charge in [0, 0.05) is 44.8 Å². The van der Waals surface area contributed by atoms with Gasteiger partial charge in [-0.2, -0.15) is 17.5 Å². The number of carbonyl (C=O) groups is 1. The molecule has 2 aromatic rings. The largest absolute Gasteiger partial charge is 0.497 e. The number of alkyl halides is 3. The van der Waals surface area contributed by atoms with E-state index in [4.69, 9.17) is 4.74 Å². The fourth-order valence-electron chi connectivity index (χ4n) is 3.36. The SMILES string of the molecule is COc1ccc(S(=O)(=O)N2CCN(CCNC(=O)c3cccc(C(F)(F)F)c3)CC2)cc1. The van der Waals surface area contributed by atoms with Crippen molar-refractivity contribution in [3.8, 4) is 5.75 Å². The summed E-state index contributed by atoms with van der Waals surface area (Å²) >= 11 is 0. The molecule has 1 N–H and O–H groups in total. The number of methoxy groups -OCH3 is 1. The summed E-state index contributed by atoms with van der Waals surface area (Å²) in [5.74, 6) is -0.0160. The van der Waals surface area contributed by atoms with E-state index in [1.54, 1.807) is 12.1 Å². The second-order valence-electron chi connectivity index (χ2n) is 7.26. The minimum atomic E-state index is -4.51. The molecule has 7 nitrogen and oxygen atoms in total. The third kappa shape index (κ3) is 5.78. The topological polar surface area (TPSA) is 79.0 Å². The van der Waals surface area contributed by atoms with Crippen molar-refractivity contribution in [1.29, 1.82) is 0 Å². The van der Waals surface area contributed by atoms with E-state index in [9.17, 15) is 26.4 Å². The normalized spacial score (nSPS) is 16.0. The van der Waals surface area contributed by atoms with Crippen LogP contribution in [0.4, 0.5) is 13.2 Å². The van der Waals surface area contributed by atoms with E-state index in [1.807, 2.05) is 4.90 Å². The Hall–Kier alpha value is -2.63. The van der Waals surface area contributed by atoms with Gasteiger partial charge in [0.25, 0.3) is 5.91 Å². The van der Waals surface area contributed by atoms with Crippen LogP contribution in [0.3, 0.4) is 0 Å². The lowest BCUT2D eigenvalue weighted by molar-refractivity contribution is -0.137. The van der Waals surface area contributed by atoms with E-state index in [0.717, 1.165) is 12.1 Å². The Morgan fingerprint density at radius 2 is 1.72 bits per heavy atom. The zero-order valence-electron chi connectivity index (χ0n) is 17.4. The summed E-state index contributed by atoms with van der Waals surface area (Å²) < 4.78 is 70.4. The molecule has 0 saturated carbocycles. The molecule has 3 rings (SSSR count). The van der Waals surface area contributed by atoms with Crippen molar-refractivity contribution < 1.29 is 31.1 Å². The van der Waals surface area contributed by atoms with Gasteiger partial charge in [-0.25, -0.2) is 8.42 Å². The Balaban J connectivity index is 1.47. The van der Waals surface area contributed by atoms with E-state index in [-0.39, 0.29) is 17.0 Å². The minimum absolute atomic E-state index is 0.0600. The van der Waals surface area contributed by atoms with E-state index in [1.165, 1.54) is 35.7 Å². The van der Waals surface area contributed by atoms with Crippen molar-refractivity contribution in [2.24, 2.45) is 0 Å². The molecule has 1 heterocycles. The number of halogens is 3. The maximum absolute atomic E-state index is 12.8. The summed E-state index contributed by atoms with van der Waals surface area (Å²) in [4.78, 5) is 14.3. The highest BCUT2D eigenvalue weighted by Crippen LogP contribution is 2.29. The summed E-state index contributed by atoms with van der Waals surface area (Å²) in [7, 11) is -2.10. The van der Waals surface area contributed by atoms with Gasteiger partial charge in [-0.3, -0.25) is 9.69 Å². The Kier molecular flexibility index (Phi) is 7.42. The van der Waals surface area contributed by atoms with Crippen LogP contribution in [0.1, 0.15) is 15.9 Å². The first-order valence-electron chi connectivity index (χ1n) is 9.93. The van der Waals surface area contributed by atoms with Crippen molar-refractivity contribution in [3.05, 3.63) is 59.7 Å². The molecule has 1 saturated heterocycles. The number of hydrogen-bond acceptors (Lipinski definition) is 5. The molecule has 0 bridgehead atoms. The van der Waals surface area contributed by atoms with Crippen molar-refractivity contribution in [2.45, 2.75) is 11.1 Å². The van der Waals surface area contributed by atoms with Gasteiger partial charge in [0.1, 0.15) is 5.75 Å². The average molecular weight is 472 g/mol. The van der Waals surface area contributed by atoms with Crippen LogP contribution in [-0.4, -0.2) is 69.9 Å². The van der Waals surface area contributed by atoms with Crippen molar-refractivity contribution in [3.63, 3.8) is 0 Å². The molecule has 1 amide bonds. The first-order chi connectivity index (χ1) is 15.1. The van der Waals surface area contributed by atoms with E-state index >= 15 is 0 Å². The molecule has 0 unspecified atom stereocenters. The van der Waals surface area contributed by atoms with Crippen molar-refractivity contribution in [1.82, 2.24) is 14.5 Å². The Labute approximate surface area is 184 Å². The van der Waals surface area contributed by atoms with Gasteiger partial charge in [0.2, 0.25) is 10.0 Å². The van der Waals surface area contributed by atoms with Crippen molar-refractivity contribution in [2.75, 3.05) is 46.4 Å². The van der Waals surface area contributed by atoms with Gasteiger partial charge in [0.05, 0.1) is 17.6 Å². The quantitative estimate of drug-likeness (QED) is 0.671. The number of rotatable bonds is 7. The number of sulfonamides is 1. The summed E-state index contributed by atoms with van der Waals surface area (Å²) in [6.07, 6.45) is -4.51. The standard InChI is InChI=1S/C21H24F3N3O4S/c1-31-18-5-7-19(8-6-18)32(29,30)27-13-11-26(12-14-27)10-9-25-20(28)16-3-2-4-17(15-16)21(22,23)24/h2-8,15H,9-14H2,1H3,(H,25,28). The monoisotopic (exact) mass is 471 g/mol. The maximum Gasteiger partial charge on any atom is 0.416 e. The molecule has 1 fully saturated rings. The second-order valence-corrected chi connectivity index (χ2v) is 9.19. The number of amides is 1. The smallest absolute Gasteiger partial charge is 0.416 e. The fourth-order valence-corrected chi connectivity index (χ4v) is 4.78. The van der Waals surface area contributed by atoms with Gasteiger partial charge in [0.15, 0.2) is 0 Å².